The maximum atomic E-state index is 5.99. The van der Waals surface area contributed by atoms with Gasteiger partial charge in [0.25, 0.3) is 0 Å². The minimum Gasteiger partial charge on any atom is -0.337 e. The molecule has 2 heterocycles. The Morgan fingerprint density at radius 1 is 1.44 bits per heavy atom. The topological polar surface area (TPSA) is 77.8 Å². The first-order valence-corrected chi connectivity index (χ1v) is 6.23. The van der Waals surface area contributed by atoms with Crippen LogP contribution in [-0.2, 0) is 0 Å². The molecule has 0 aliphatic carbocycles. The van der Waals surface area contributed by atoms with Crippen molar-refractivity contribution in [3.8, 4) is 11.5 Å². The predicted molar refractivity (Wildman–Crippen MR) is 68.7 cm³/mol. The van der Waals surface area contributed by atoms with Crippen molar-refractivity contribution in [3.63, 3.8) is 0 Å². The number of nitrogens with two attached hydrogens (primary N) is 1. The first-order chi connectivity index (χ1) is 8.72. The summed E-state index contributed by atoms with van der Waals surface area (Å²) in [6, 6.07) is 3.66. The van der Waals surface area contributed by atoms with Gasteiger partial charge in [-0.2, -0.15) is 4.98 Å². The number of pyridine rings is 1. The van der Waals surface area contributed by atoms with E-state index in [1.807, 2.05) is 19.1 Å². The molecule has 0 fully saturated rings. The van der Waals surface area contributed by atoms with E-state index in [1.165, 1.54) is 0 Å². The second-order valence-corrected chi connectivity index (χ2v) is 4.37. The van der Waals surface area contributed by atoms with Gasteiger partial charge in [-0.15, -0.1) is 0 Å². The van der Waals surface area contributed by atoms with E-state index in [0.29, 0.717) is 11.7 Å². The monoisotopic (exact) mass is 246 g/mol. The zero-order valence-corrected chi connectivity index (χ0v) is 10.8. The highest BCUT2D eigenvalue weighted by molar-refractivity contribution is 5.53. The lowest BCUT2D eigenvalue weighted by Crippen LogP contribution is -2.10. The molecule has 18 heavy (non-hydrogen) atoms. The predicted octanol–water partition coefficient (Wildman–Crippen LogP) is 2.63. The van der Waals surface area contributed by atoms with Gasteiger partial charge in [-0.05, 0) is 25.0 Å². The molecule has 96 valence electrons. The van der Waals surface area contributed by atoms with Crippen LogP contribution in [0.2, 0.25) is 0 Å². The number of aromatic nitrogens is 3. The summed E-state index contributed by atoms with van der Waals surface area (Å²) in [5, 5.41) is 3.95. The molecule has 2 N–H and O–H groups in total. The Labute approximate surface area is 106 Å². The Morgan fingerprint density at radius 2 is 2.28 bits per heavy atom. The molecule has 0 saturated heterocycles. The third-order valence-electron chi connectivity index (χ3n) is 2.85. The molecule has 0 saturated carbocycles. The SMILES string of the molecule is CCCCC(N)c1nc(-c2ncccc2C)no1. The van der Waals surface area contributed by atoms with Gasteiger partial charge in [-0.3, -0.25) is 4.98 Å². The van der Waals surface area contributed by atoms with Crippen molar-refractivity contribution in [2.24, 2.45) is 5.73 Å². The lowest BCUT2D eigenvalue weighted by Gasteiger charge is -2.03. The summed E-state index contributed by atoms with van der Waals surface area (Å²) >= 11 is 0. The van der Waals surface area contributed by atoms with Crippen LogP contribution in [0.25, 0.3) is 11.5 Å². The molecule has 0 spiro atoms. The summed E-state index contributed by atoms with van der Waals surface area (Å²) in [6.07, 6.45) is 4.74. The van der Waals surface area contributed by atoms with Crippen LogP contribution in [0.3, 0.4) is 0 Å². The van der Waals surface area contributed by atoms with Gasteiger partial charge in [0.15, 0.2) is 0 Å². The number of aryl methyl sites for hydroxylation is 1. The van der Waals surface area contributed by atoms with Crippen LogP contribution in [-0.4, -0.2) is 15.1 Å². The van der Waals surface area contributed by atoms with Crippen LogP contribution in [0, 0.1) is 6.92 Å². The highest BCUT2D eigenvalue weighted by Crippen LogP contribution is 2.20. The normalized spacial score (nSPS) is 12.6. The number of hydrogen-bond donors (Lipinski definition) is 1. The number of unbranched alkanes of at least 4 members (excludes halogenated alkanes) is 1. The lowest BCUT2D eigenvalue weighted by molar-refractivity contribution is 0.346. The summed E-state index contributed by atoms with van der Waals surface area (Å²) in [5.41, 5.74) is 7.76. The summed E-state index contributed by atoms with van der Waals surface area (Å²) in [6.45, 7) is 4.10. The first kappa shape index (κ1) is 12.7. The van der Waals surface area contributed by atoms with E-state index < -0.39 is 0 Å². The van der Waals surface area contributed by atoms with E-state index in [9.17, 15) is 0 Å². The second kappa shape index (κ2) is 5.73. The molecule has 5 nitrogen and oxygen atoms in total. The van der Waals surface area contributed by atoms with Gasteiger partial charge in [0.05, 0.1) is 6.04 Å². The van der Waals surface area contributed by atoms with E-state index in [4.69, 9.17) is 10.3 Å². The molecular formula is C13H18N4O. The maximum Gasteiger partial charge on any atom is 0.243 e. The fourth-order valence-corrected chi connectivity index (χ4v) is 1.75. The molecule has 0 aliphatic rings. The Bertz CT molecular complexity index is 509. The van der Waals surface area contributed by atoms with E-state index in [2.05, 4.69) is 22.0 Å². The summed E-state index contributed by atoms with van der Waals surface area (Å²) in [4.78, 5) is 8.59. The minimum atomic E-state index is -0.185. The minimum absolute atomic E-state index is 0.185. The highest BCUT2D eigenvalue weighted by atomic mass is 16.5. The van der Waals surface area contributed by atoms with E-state index >= 15 is 0 Å². The molecular weight excluding hydrogens is 228 g/mol. The first-order valence-electron chi connectivity index (χ1n) is 6.23. The smallest absolute Gasteiger partial charge is 0.243 e. The van der Waals surface area contributed by atoms with Gasteiger partial charge < -0.3 is 10.3 Å². The number of nitrogens with zero attached hydrogens (tertiary/aromatic N) is 3. The van der Waals surface area contributed by atoms with Crippen molar-refractivity contribution in [1.29, 1.82) is 0 Å². The third-order valence-corrected chi connectivity index (χ3v) is 2.85. The van der Waals surface area contributed by atoms with Crippen LogP contribution in [0.1, 0.15) is 43.7 Å². The molecule has 2 rings (SSSR count). The third kappa shape index (κ3) is 2.73. The Morgan fingerprint density at radius 3 is 3.00 bits per heavy atom. The quantitative estimate of drug-likeness (QED) is 0.877. The summed E-state index contributed by atoms with van der Waals surface area (Å²) in [7, 11) is 0. The molecule has 0 bridgehead atoms. The Hall–Kier alpha value is -1.75. The van der Waals surface area contributed by atoms with Gasteiger partial charge in [0, 0.05) is 6.20 Å². The molecule has 2 aromatic rings. The summed E-state index contributed by atoms with van der Waals surface area (Å²) in [5.74, 6) is 0.999. The van der Waals surface area contributed by atoms with Crippen molar-refractivity contribution < 1.29 is 4.52 Å². The Kier molecular flexibility index (Phi) is 4.04. The maximum absolute atomic E-state index is 5.99. The Balaban J connectivity index is 2.18. The van der Waals surface area contributed by atoms with Crippen molar-refractivity contribution in [3.05, 3.63) is 29.8 Å². The van der Waals surface area contributed by atoms with Gasteiger partial charge in [-0.1, -0.05) is 31.0 Å². The largest absolute Gasteiger partial charge is 0.337 e. The molecule has 2 aromatic heterocycles. The number of rotatable bonds is 5. The average Bonchev–Trinajstić information content (AvgIpc) is 2.86. The second-order valence-electron chi connectivity index (χ2n) is 4.37. The van der Waals surface area contributed by atoms with Gasteiger partial charge >= 0.3 is 0 Å². The van der Waals surface area contributed by atoms with E-state index in [0.717, 1.165) is 30.5 Å². The van der Waals surface area contributed by atoms with Crippen LogP contribution in [0.4, 0.5) is 0 Å². The number of hydrogen-bond acceptors (Lipinski definition) is 5. The fraction of sp³-hybridized carbons (Fsp3) is 0.462. The molecule has 1 atom stereocenters. The van der Waals surface area contributed by atoms with Gasteiger partial charge in [0.1, 0.15) is 5.69 Å². The van der Waals surface area contributed by atoms with E-state index in [-0.39, 0.29) is 6.04 Å². The fourth-order valence-electron chi connectivity index (χ4n) is 1.75. The van der Waals surface area contributed by atoms with Crippen LogP contribution >= 0.6 is 0 Å². The molecule has 0 amide bonds. The van der Waals surface area contributed by atoms with Crippen molar-refractivity contribution in [2.45, 2.75) is 39.2 Å². The molecule has 0 radical (unpaired) electrons. The summed E-state index contributed by atoms with van der Waals surface area (Å²) < 4.78 is 5.21. The molecule has 0 aromatic carbocycles. The zero-order chi connectivity index (χ0) is 13.0. The van der Waals surface area contributed by atoms with Gasteiger partial charge in [-0.25, -0.2) is 0 Å². The van der Waals surface area contributed by atoms with E-state index in [1.54, 1.807) is 6.20 Å². The molecule has 1 unspecified atom stereocenters. The molecule has 0 aliphatic heterocycles. The van der Waals surface area contributed by atoms with Gasteiger partial charge in [0.2, 0.25) is 11.7 Å². The zero-order valence-electron chi connectivity index (χ0n) is 10.8. The standard InChI is InChI=1S/C13H18N4O/c1-3-4-7-10(14)13-16-12(17-18-13)11-9(2)6-5-8-15-11/h5-6,8,10H,3-4,7,14H2,1-2H3. The van der Waals surface area contributed by atoms with Crippen LogP contribution in [0.15, 0.2) is 22.9 Å². The van der Waals surface area contributed by atoms with Crippen molar-refractivity contribution in [1.82, 2.24) is 15.1 Å². The lowest BCUT2D eigenvalue weighted by atomic mass is 10.1. The highest BCUT2D eigenvalue weighted by Gasteiger charge is 2.16. The van der Waals surface area contributed by atoms with Crippen LogP contribution < -0.4 is 5.73 Å². The average molecular weight is 246 g/mol. The molecule has 5 heteroatoms. The van der Waals surface area contributed by atoms with Crippen molar-refractivity contribution in [2.75, 3.05) is 0 Å². The van der Waals surface area contributed by atoms with Crippen LogP contribution in [0.5, 0.6) is 0 Å². The van der Waals surface area contributed by atoms with Crippen molar-refractivity contribution >= 4 is 0 Å².